The van der Waals surface area contributed by atoms with Gasteiger partial charge in [-0.2, -0.15) is 0 Å². The fourth-order valence-electron chi connectivity index (χ4n) is 3.78. The molecule has 1 unspecified atom stereocenters. The fourth-order valence-corrected chi connectivity index (χ4v) is 3.78. The van der Waals surface area contributed by atoms with Crippen molar-refractivity contribution >= 4 is 18.3 Å². The second kappa shape index (κ2) is 8.23. The van der Waals surface area contributed by atoms with Gasteiger partial charge in [0.15, 0.2) is 11.6 Å². The molecule has 0 radical (unpaired) electrons. The Labute approximate surface area is 162 Å². The van der Waals surface area contributed by atoms with Crippen LogP contribution in [0, 0.1) is 23.5 Å². The number of nitrogens with one attached hydrogen (secondary N) is 1. The lowest BCUT2D eigenvalue weighted by Crippen LogP contribution is -2.37. The van der Waals surface area contributed by atoms with Crippen LogP contribution in [-0.4, -0.2) is 37.0 Å². The van der Waals surface area contributed by atoms with E-state index < -0.39 is 17.7 Å². The van der Waals surface area contributed by atoms with Gasteiger partial charge in [0.2, 0.25) is 6.10 Å². The van der Waals surface area contributed by atoms with Crippen molar-refractivity contribution < 1.29 is 18.3 Å². The van der Waals surface area contributed by atoms with Gasteiger partial charge in [0.1, 0.15) is 5.75 Å². The lowest BCUT2D eigenvalue weighted by atomic mass is 10.0. The van der Waals surface area contributed by atoms with E-state index in [0.717, 1.165) is 25.2 Å². The predicted molar refractivity (Wildman–Crippen MR) is 99.8 cm³/mol. The average molecular weight is 395 g/mol. The molecule has 3 atom stereocenters. The van der Waals surface area contributed by atoms with Gasteiger partial charge in [-0.25, -0.2) is 8.78 Å². The second-order valence-electron chi connectivity index (χ2n) is 6.91. The summed E-state index contributed by atoms with van der Waals surface area (Å²) in [6.07, 6.45) is -0.882. The number of amides is 1. The molecule has 2 aliphatic heterocycles. The van der Waals surface area contributed by atoms with Gasteiger partial charge in [-0.05, 0) is 24.0 Å². The molecule has 0 spiro atoms. The zero-order chi connectivity index (χ0) is 18.1. The minimum Gasteiger partial charge on any atom is -0.476 e. The highest BCUT2D eigenvalue weighted by molar-refractivity contribution is 5.85. The first kappa shape index (κ1) is 19.6. The summed E-state index contributed by atoms with van der Waals surface area (Å²) in [5.74, 6) is -1.01. The van der Waals surface area contributed by atoms with Crippen LogP contribution in [0.15, 0.2) is 48.5 Å². The second-order valence-corrected chi connectivity index (χ2v) is 6.91. The Morgan fingerprint density at radius 2 is 1.70 bits per heavy atom. The molecule has 2 aliphatic rings. The minimum absolute atomic E-state index is 0. The molecule has 2 saturated heterocycles. The summed E-state index contributed by atoms with van der Waals surface area (Å²) in [5, 5.41) is 3.35. The van der Waals surface area contributed by atoms with Crippen molar-refractivity contribution in [3.63, 3.8) is 0 Å². The van der Waals surface area contributed by atoms with Crippen LogP contribution >= 0.6 is 12.4 Å². The van der Waals surface area contributed by atoms with Gasteiger partial charge in [0.25, 0.3) is 5.91 Å². The molecule has 0 saturated carbocycles. The largest absolute Gasteiger partial charge is 0.476 e. The molecule has 7 heteroatoms. The predicted octanol–water partition coefficient (Wildman–Crippen LogP) is 3.18. The average Bonchev–Trinajstić information content (AvgIpc) is 3.25. The maximum absolute atomic E-state index is 13.5. The summed E-state index contributed by atoms with van der Waals surface area (Å²) in [6.45, 7) is 3.24. The summed E-state index contributed by atoms with van der Waals surface area (Å²) in [5.41, 5.74) is 0.692. The van der Waals surface area contributed by atoms with E-state index in [1.165, 1.54) is 6.07 Å². The van der Waals surface area contributed by atoms with Crippen molar-refractivity contribution in [3.8, 4) is 5.75 Å². The maximum atomic E-state index is 13.5. The van der Waals surface area contributed by atoms with E-state index >= 15 is 0 Å². The number of ether oxygens (including phenoxy) is 1. The third-order valence-electron chi connectivity index (χ3n) is 5.17. The number of carbonyl (C=O) groups excluding carboxylic acids is 1. The van der Waals surface area contributed by atoms with Crippen molar-refractivity contribution in [2.24, 2.45) is 11.8 Å². The van der Waals surface area contributed by atoms with Crippen molar-refractivity contribution in [1.29, 1.82) is 0 Å². The lowest BCUT2D eigenvalue weighted by molar-refractivity contribution is -0.138. The molecule has 144 valence electrons. The van der Waals surface area contributed by atoms with Gasteiger partial charge in [0.05, 0.1) is 0 Å². The fraction of sp³-hybridized carbons (Fsp3) is 0.350. The summed E-state index contributed by atoms with van der Waals surface area (Å²) in [7, 11) is 0. The first-order chi connectivity index (χ1) is 12.6. The number of rotatable bonds is 4. The van der Waals surface area contributed by atoms with Gasteiger partial charge >= 0.3 is 0 Å². The highest BCUT2D eigenvalue weighted by Gasteiger charge is 2.40. The number of hydrogen-bond acceptors (Lipinski definition) is 3. The number of likely N-dealkylation sites (tertiary alicyclic amines) is 1. The lowest BCUT2D eigenvalue weighted by Gasteiger charge is -2.25. The Hall–Kier alpha value is -2.18. The standard InChI is InChI=1S/C20H20F2N2O2.ClH/c21-17-7-6-16(8-18(17)22)26-19(13-4-2-1-3-5-13)20(25)24-11-14-9-23-10-15(14)12-24;/h1-8,14-15,19,23H,9-12H2;1H/t14-,15+,19?;. The zero-order valence-electron chi connectivity index (χ0n) is 14.6. The van der Waals surface area contributed by atoms with Crippen LogP contribution in [0.3, 0.4) is 0 Å². The maximum Gasteiger partial charge on any atom is 0.268 e. The smallest absolute Gasteiger partial charge is 0.268 e. The molecule has 1 amide bonds. The molecular weight excluding hydrogens is 374 g/mol. The Balaban J connectivity index is 0.00000210. The van der Waals surface area contributed by atoms with Crippen LogP contribution in [0.5, 0.6) is 5.75 Å². The monoisotopic (exact) mass is 394 g/mol. The number of carbonyl (C=O) groups is 1. The molecule has 0 bridgehead atoms. The molecule has 1 N–H and O–H groups in total. The van der Waals surface area contributed by atoms with Gasteiger partial charge < -0.3 is 15.0 Å². The minimum atomic E-state index is -0.997. The number of fused-ring (bicyclic) bond motifs is 1. The number of hydrogen-bond donors (Lipinski definition) is 1. The molecule has 4 nitrogen and oxygen atoms in total. The summed E-state index contributed by atoms with van der Waals surface area (Å²) < 4.78 is 32.5. The Bertz CT molecular complexity index is 794. The van der Waals surface area contributed by atoms with Crippen LogP contribution in [0.2, 0.25) is 0 Å². The zero-order valence-corrected chi connectivity index (χ0v) is 15.4. The summed E-state index contributed by atoms with van der Waals surface area (Å²) in [4.78, 5) is 15.0. The van der Waals surface area contributed by atoms with E-state index in [1.54, 1.807) is 12.1 Å². The van der Waals surface area contributed by atoms with Crippen LogP contribution in [0.1, 0.15) is 11.7 Å². The van der Waals surface area contributed by atoms with Crippen LogP contribution in [0.25, 0.3) is 0 Å². The van der Waals surface area contributed by atoms with Crippen molar-refractivity contribution in [2.75, 3.05) is 26.2 Å². The van der Waals surface area contributed by atoms with E-state index in [-0.39, 0.29) is 24.1 Å². The van der Waals surface area contributed by atoms with Crippen molar-refractivity contribution in [2.45, 2.75) is 6.10 Å². The third kappa shape index (κ3) is 4.06. The number of benzene rings is 2. The Morgan fingerprint density at radius 3 is 2.33 bits per heavy atom. The normalized spacial score (nSPS) is 22.1. The van der Waals surface area contributed by atoms with E-state index in [0.29, 0.717) is 30.5 Å². The van der Waals surface area contributed by atoms with Crippen LogP contribution < -0.4 is 10.1 Å². The van der Waals surface area contributed by atoms with E-state index in [1.807, 2.05) is 23.1 Å². The van der Waals surface area contributed by atoms with Crippen LogP contribution in [-0.2, 0) is 4.79 Å². The summed E-state index contributed by atoms with van der Waals surface area (Å²) in [6, 6.07) is 12.4. The van der Waals surface area contributed by atoms with Gasteiger partial charge in [-0.1, -0.05) is 30.3 Å². The highest BCUT2D eigenvalue weighted by atomic mass is 35.5. The topological polar surface area (TPSA) is 41.6 Å². The molecule has 0 aromatic heterocycles. The quantitative estimate of drug-likeness (QED) is 0.866. The summed E-state index contributed by atoms with van der Waals surface area (Å²) >= 11 is 0. The molecule has 2 aromatic carbocycles. The first-order valence-electron chi connectivity index (χ1n) is 8.78. The van der Waals surface area contributed by atoms with Crippen LogP contribution in [0.4, 0.5) is 8.78 Å². The molecular formula is C20H21ClF2N2O2. The van der Waals surface area contributed by atoms with Gasteiger partial charge in [-0.3, -0.25) is 4.79 Å². The molecule has 27 heavy (non-hydrogen) atoms. The Kier molecular flexibility index (Phi) is 5.97. The van der Waals surface area contributed by atoms with Crippen molar-refractivity contribution in [1.82, 2.24) is 10.2 Å². The molecule has 2 heterocycles. The van der Waals surface area contributed by atoms with E-state index in [2.05, 4.69) is 5.32 Å². The van der Waals surface area contributed by atoms with E-state index in [4.69, 9.17) is 4.74 Å². The third-order valence-corrected chi connectivity index (χ3v) is 5.17. The SMILES string of the molecule is Cl.O=C(C(Oc1ccc(F)c(F)c1)c1ccccc1)N1C[C@H]2CNC[C@H]2C1. The number of halogens is 3. The number of nitrogens with zero attached hydrogens (tertiary/aromatic N) is 1. The van der Waals surface area contributed by atoms with Gasteiger partial charge in [-0.15, -0.1) is 12.4 Å². The Morgan fingerprint density at radius 1 is 1.04 bits per heavy atom. The molecule has 2 fully saturated rings. The first-order valence-corrected chi connectivity index (χ1v) is 8.78. The molecule has 2 aromatic rings. The highest BCUT2D eigenvalue weighted by Crippen LogP contribution is 2.31. The van der Waals surface area contributed by atoms with E-state index in [9.17, 15) is 13.6 Å². The molecule has 4 rings (SSSR count). The van der Waals surface area contributed by atoms with Gasteiger partial charge in [0, 0.05) is 37.8 Å². The molecule has 0 aliphatic carbocycles. The van der Waals surface area contributed by atoms with Crippen molar-refractivity contribution in [3.05, 3.63) is 65.7 Å².